The van der Waals surface area contributed by atoms with Crippen molar-refractivity contribution in [1.29, 1.82) is 0 Å². The Morgan fingerprint density at radius 1 is 1.33 bits per heavy atom. The molecule has 1 rings (SSSR count). The quantitative estimate of drug-likeness (QED) is 0.654. The van der Waals surface area contributed by atoms with Gasteiger partial charge in [0.05, 0.1) is 5.92 Å². The molecule has 0 saturated heterocycles. The molecule has 0 aromatic rings. The molecule has 0 spiro atoms. The van der Waals surface area contributed by atoms with Crippen molar-refractivity contribution in [3.8, 4) is 0 Å². The van der Waals surface area contributed by atoms with Gasteiger partial charge in [0.15, 0.2) is 0 Å². The first-order valence-electron chi connectivity index (χ1n) is 7.61. The molecule has 0 aromatic heterocycles. The highest BCUT2D eigenvalue weighted by Gasteiger charge is 2.18. The topological polar surface area (TPSA) is 55.1 Å². The average molecular weight is 254 g/mol. The summed E-state index contributed by atoms with van der Waals surface area (Å²) < 4.78 is 0. The predicted octanol–water partition coefficient (Wildman–Crippen LogP) is 2.69. The largest absolute Gasteiger partial charge is 0.356 e. The van der Waals surface area contributed by atoms with E-state index < -0.39 is 0 Å². The van der Waals surface area contributed by atoms with Gasteiger partial charge in [0.2, 0.25) is 5.91 Å². The van der Waals surface area contributed by atoms with E-state index in [0.29, 0.717) is 12.5 Å². The fraction of sp³-hybridized carbons (Fsp3) is 0.933. The Morgan fingerprint density at radius 3 is 2.56 bits per heavy atom. The van der Waals surface area contributed by atoms with Gasteiger partial charge in [0.1, 0.15) is 0 Å². The number of hydrogen-bond donors (Lipinski definition) is 2. The van der Waals surface area contributed by atoms with Gasteiger partial charge in [0, 0.05) is 13.1 Å². The third-order valence-electron chi connectivity index (χ3n) is 3.97. The number of hydrogen-bond acceptors (Lipinski definition) is 2. The zero-order valence-electron chi connectivity index (χ0n) is 12.1. The lowest BCUT2D eigenvalue weighted by Crippen LogP contribution is -2.36. The molecule has 1 aliphatic rings. The van der Waals surface area contributed by atoms with Crippen molar-refractivity contribution < 1.29 is 4.79 Å². The van der Waals surface area contributed by atoms with Gasteiger partial charge < -0.3 is 11.1 Å². The van der Waals surface area contributed by atoms with Crippen molar-refractivity contribution in [3.05, 3.63) is 0 Å². The van der Waals surface area contributed by atoms with E-state index in [1.54, 1.807) is 0 Å². The Labute approximate surface area is 112 Å². The van der Waals surface area contributed by atoms with Crippen LogP contribution in [0.25, 0.3) is 0 Å². The molecule has 1 saturated carbocycles. The highest BCUT2D eigenvalue weighted by atomic mass is 16.1. The molecule has 0 radical (unpaired) electrons. The second-order valence-corrected chi connectivity index (χ2v) is 6.15. The zero-order valence-corrected chi connectivity index (χ0v) is 12.1. The lowest BCUT2D eigenvalue weighted by molar-refractivity contribution is -0.125. The molecular weight excluding hydrogens is 224 g/mol. The lowest BCUT2D eigenvalue weighted by atomic mass is 9.96. The van der Waals surface area contributed by atoms with Crippen LogP contribution in [0.1, 0.15) is 58.8 Å². The molecule has 18 heavy (non-hydrogen) atoms. The van der Waals surface area contributed by atoms with Crippen LogP contribution >= 0.6 is 0 Å². The molecule has 0 heterocycles. The molecule has 1 fully saturated rings. The fourth-order valence-electron chi connectivity index (χ4n) is 2.93. The van der Waals surface area contributed by atoms with E-state index in [1.807, 2.05) is 0 Å². The third-order valence-corrected chi connectivity index (χ3v) is 3.97. The smallest absolute Gasteiger partial charge is 0.224 e. The van der Waals surface area contributed by atoms with Gasteiger partial charge in [-0.05, 0) is 31.1 Å². The molecule has 1 atom stereocenters. The van der Waals surface area contributed by atoms with Gasteiger partial charge in [-0.2, -0.15) is 0 Å². The summed E-state index contributed by atoms with van der Waals surface area (Å²) in [7, 11) is 0. The molecule has 3 nitrogen and oxygen atoms in total. The van der Waals surface area contributed by atoms with Crippen molar-refractivity contribution in [2.75, 3.05) is 13.1 Å². The van der Waals surface area contributed by atoms with E-state index >= 15 is 0 Å². The van der Waals surface area contributed by atoms with Crippen LogP contribution in [0.15, 0.2) is 0 Å². The maximum Gasteiger partial charge on any atom is 0.224 e. The number of carbonyl (C=O) groups excluding carboxylic acids is 1. The van der Waals surface area contributed by atoms with Crippen LogP contribution in [0.2, 0.25) is 0 Å². The molecule has 0 aromatic carbocycles. The first-order valence-corrected chi connectivity index (χ1v) is 7.61. The number of nitrogens with one attached hydrogen (secondary N) is 1. The van der Waals surface area contributed by atoms with E-state index in [0.717, 1.165) is 25.3 Å². The fourth-order valence-corrected chi connectivity index (χ4v) is 2.93. The number of rotatable bonds is 8. The molecule has 1 aliphatic carbocycles. The van der Waals surface area contributed by atoms with Gasteiger partial charge in [-0.25, -0.2) is 0 Å². The Hall–Kier alpha value is -0.570. The standard InChI is InChI=1S/C15H30N2O/c1-12(2)10-14(11-16)15(18)17-9-5-8-13-6-3-4-7-13/h12-14H,3-11,16H2,1-2H3,(H,17,18). The van der Waals surface area contributed by atoms with E-state index in [1.165, 1.54) is 32.1 Å². The maximum absolute atomic E-state index is 11.9. The van der Waals surface area contributed by atoms with Crippen LogP contribution in [-0.4, -0.2) is 19.0 Å². The molecular formula is C15H30N2O. The third kappa shape index (κ3) is 5.85. The minimum absolute atomic E-state index is 0.00326. The summed E-state index contributed by atoms with van der Waals surface area (Å²) >= 11 is 0. The molecule has 0 aliphatic heterocycles. The molecule has 0 bridgehead atoms. The van der Waals surface area contributed by atoms with E-state index in [2.05, 4.69) is 19.2 Å². The van der Waals surface area contributed by atoms with Crippen LogP contribution in [0.3, 0.4) is 0 Å². The monoisotopic (exact) mass is 254 g/mol. The summed E-state index contributed by atoms with van der Waals surface area (Å²) in [6.07, 6.45) is 8.89. The SMILES string of the molecule is CC(C)CC(CN)C(=O)NCCCC1CCCC1. The van der Waals surface area contributed by atoms with Crippen molar-refractivity contribution >= 4 is 5.91 Å². The average Bonchev–Trinajstić information content (AvgIpc) is 2.84. The van der Waals surface area contributed by atoms with E-state index in [9.17, 15) is 4.79 Å². The summed E-state index contributed by atoms with van der Waals surface area (Å²) in [5, 5.41) is 3.04. The maximum atomic E-state index is 11.9. The minimum atomic E-state index is -0.00326. The number of carbonyl (C=O) groups is 1. The van der Waals surface area contributed by atoms with Crippen LogP contribution < -0.4 is 11.1 Å². The minimum Gasteiger partial charge on any atom is -0.356 e. The van der Waals surface area contributed by atoms with Crippen molar-refractivity contribution in [1.82, 2.24) is 5.32 Å². The van der Waals surface area contributed by atoms with Gasteiger partial charge >= 0.3 is 0 Å². The first-order chi connectivity index (χ1) is 8.63. The number of nitrogens with two attached hydrogens (primary N) is 1. The van der Waals surface area contributed by atoms with Crippen LogP contribution in [0.5, 0.6) is 0 Å². The summed E-state index contributed by atoms with van der Waals surface area (Å²) in [4.78, 5) is 11.9. The molecule has 106 valence electrons. The summed E-state index contributed by atoms with van der Waals surface area (Å²) in [5.74, 6) is 1.60. The second-order valence-electron chi connectivity index (χ2n) is 6.15. The lowest BCUT2D eigenvalue weighted by Gasteiger charge is -2.17. The van der Waals surface area contributed by atoms with Gasteiger partial charge in [0.25, 0.3) is 0 Å². The van der Waals surface area contributed by atoms with Gasteiger partial charge in [-0.1, -0.05) is 39.5 Å². The molecule has 3 N–H and O–H groups in total. The normalized spacial score (nSPS) is 18.2. The summed E-state index contributed by atoms with van der Waals surface area (Å²) in [5.41, 5.74) is 5.66. The van der Waals surface area contributed by atoms with Crippen LogP contribution in [-0.2, 0) is 4.79 Å². The first kappa shape index (κ1) is 15.5. The van der Waals surface area contributed by atoms with Gasteiger partial charge in [-0.3, -0.25) is 4.79 Å². The predicted molar refractivity (Wildman–Crippen MR) is 76.2 cm³/mol. The van der Waals surface area contributed by atoms with Gasteiger partial charge in [-0.15, -0.1) is 0 Å². The van der Waals surface area contributed by atoms with E-state index in [-0.39, 0.29) is 11.8 Å². The second kappa shape index (κ2) is 8.52. The van der Waals surface area contributed by atoms with E-state index in [4.69, 9.17) is 5.73 Å². The Morgan fingerprint density at radius 2 is 2.00 bits per heavy atom. The highest BCUT2D eigenvalue weighted by Crippen LogP contribution is 2.28. The highest BCUT2D eigenvalue weighted by molar-refractivity contribution is 5.78. The summed E-state index contributed by atoms with van der Waals surface area (Å²) in [6.45, 7) is 5.56. The van der Waals surface area contributed by atoms with Crippen molar-refractivity contribution in [2.45, 2.75) is 58.8 Å². The van der Waals surface area contributed by atoms with Crippen LogP contribution in [0.4, 0.5) is 0 Å². The Balaban J connectivity index is 2.10. The zero-order chi connectivity index (χ0) is 13.4. The van der Waals surface area contributed by atoms with Crippen molar-refractivity contribution in [3.63, 3.8) is 0 Å². The number of amides is 1. The van der Waals surface area contributed by atoms with Crippen molar-refractivity contribution in [2.24, 2.45) is 23.5 Å². The molecule has 3 heteroatoms. The van der Waals surface area contributed by atoms with Crippen LogP contribution in [0, 0.1) is 17.8 Å². The molecule has 1 amide bonds. The Kier molecular flexibility index (Phi) is 7.33. The Bertz CT molecular complexity index is 235. The molecule has 1 unspecified atom stereocenters. The summed E-state index contributed by atoms with van der Waals surface area (Å²) in [6, 6.07) is 0.